The van der Waals surface area contributed by atoms with Gasteiger partial charge in [0.1, 0.15) is 12.4 Å². The predicted octanol–water partition coefficient (Wildman–Crippen LogP) is 2.96. The summed E-state index contributed by atoms with van der Waals surface area (Å²) in [7, 11) is 0. The summed E-state index contributed by atoms with van der Waals surface area (Å²) < 4.78 is 0. The van der Waals surface area contributed by atoms with Crippen molar-refractivity contribution in [2.45, 2.75) is 13.5 Å². The molecule has 0 aliphatic carbocycles. The van der Waals surface area contributed by atoms with Crippen molar-refractivity contribution in [3.8, 4) is 11.3 Å². The fourth-order valence-corrected chi connectivity index (χ4v) is 2.33. The number of carboxylic acids is 1. The monoisotopic (exact) mass is 349 g/mol. The number of hydrogen-bond donors (Lipinski definition) is 3. The van der Waals surface area contributed by atoms with Gasteiger partial charge in [-0.2, -0.15) is 4.98 Å². The third-order valence-electron chi connectivity index (χ3n) is 3.68. The minimum atomic E-state index is -0.977. The third-order valence-corrected chi connectivity index (χ3v) is 3.68. The van der Waals surface area contributed by atoms with E-state index in [1.54, 1.807) is 12.4 Å². The van der Waals surface area contributed by atoms with Gasteiger partial charge in [-0.05, 0) is 24.6 Å². The number of carboxylic acid groups (broad SMARTS) is 1. The average Bonchev–Trinajstić information content (AvgIpc) is 2.66. The maximum absolute atomic E-state index is 10.8. The van der Waals surface area contributed by atoms with Gasteiger partial charge >= 0.3 is 5.97 Å². The van der Waals surface area contributed by atoms with Gasteiger partial charge in [0.25, 0.3) is 0 Å². The summed E-state index contributed by atoms with van der Waals surface area (Å²) in [5, 5.41) is 14.8. The highest BCUT2D eigenvalue weighted by molar-refractivity contribution is 5.72. The number of nitrogens with one attached hydrogen (secondary N) is 2. The molecule has 7 heteroatoms. The number of nitrogens with zero attached hydrogens (tertiary/aromatic N) is 3. The third kappa shape index (κ3) is 4.76. The fourth-order valence-electron chi connectivity index (χ4n) is 2.33. The molecule has 2 heterocycles. The van der Waals surface area contributed by atoms with E-state index in [9.17, 15) is 4.79 Å². The Labute approximate surface area is 151 Å². The summed E-state index contributed by atoms with van der Waals surface area (Å²) in [6.45, 7) is 2.39. The normalized spacial score (nSPS) is 10.3. The number of benzene rings is 1. The van der Waals surface area contributed by atoms with Crippen molar-refractivity contribution in [2.24, 2.45) is 0 Å². The zero-order chi connectivity index (χ0) is 18.4. The van der Waals surface area contributed by atoms with Crippen LogP contribution in [-0.2, 0) is 11.3 Å². The van der Waals surface area contributed by atoms with E-state index in [1.165, 1.54) is 5.56 Å². The van der Waals surface area contributed by atoms with Crippen LogP contribution in [0.2, 0.25) is 0 Å². The van der Waals surface area contributed by atoms with Gasteiger partial charge in [0.15, 0.2) is 0 Å². The van der Waals surface area contributed by atoms with E-state index < -0.39 is 5.97 Å². The van der Waals surface area contributed by atoms with Gasteiger partial charge in [-0.25, -0.2) is 4.98 Å². The van der Waals surface area contributed by atoms with Crippen LogP contribution in [0.4, 0.5) is 11.8 Å². The number of pyridine rings is 1. The van der Waals surface area contributed by atoms with Crippen LogP contribution in [0, 0.1) is 6.92 Å². The molecular weight excluding hydrogens is 330 g/mol. The van der Waals surface area contributed by atoms with E-state index >= 15 is 0 Å². The van der Waals surface area contributed by atoms with Crippen molar-refractivity contribution in [3.63, 3.8) is 0 Å². The molecule has 26 heavy (non-hydrogen) atoms. The Balaban J connectivity index is 1.83. The molecule has 0 radical (unpaired) electrons. The van der Waals surface area contributed by atoms with Crippen LogP contribution in [0.3, 0.4) is 0 Å². The number of aromatic nitrogens is 3. The second-order valence-corrected chi connectivity index (χ2v) is 5.79. The first-order chi connectivity index (χ1) is 12.6. The SMILES string of the molecule is Cc1ccc(CNc2cc(-c3cccnc3)nc(NCC(=O)O)n2)cc1. The number of carbonyl (C=O) groups is 1. The number of anilines is 2. The number of rotatable bonds is 7. The Morgan fingerprint density at radius 1 is 1.12 bits per heavy atom. The summed E-state index contributed by atoms with van der Waals surface area (Å²) in [5.74, 6) is -0.123. The van der Waals surface area contributed by atoms with Crippen molar-refractivity contribution in [3.05, 3.63) is 66.0 Å². The molecule has 3 aromatic rings. The molecule has 0 aliphatic heterocycles. The van der Waals surface area contributed by atoms with Crippen LogP contribution < -0.4 is 10.6 Å². The van der Waals surface area contributed by atoms with Crippen molar-refractivity contribution in [1.29, 1.82) is 0 Å². The van der Waals surface area contributed by atoms with Gasteiger partial charge in [0, 0.05) is 30.6 Å². The van der Waals surface area contributed by atoms with Gasteiger partial charge < -0.3 is 15.7 Å². The zero-order valence-corrected chi connectivity index (χ0v) is 14.3. The summed E-state index contributed by atoms with van der Waals surface area (Å²) in [6.07, 6.45) is 3.39. The molecule has 0 bridgehead atoms. The van der Waals surface area contributed by atoms with Crippen molar-refractivity contribution < 1.29 is 9.90 Å². The Morgan fingerprint density at radius 2 is 1.92 bits per heavy atom. The van der Waals surface area contributed by atoms with Crippen molar-refractivity contribution >= 4 is 17.7 Å². The Bertz CT molecular complexity index is 882. The van der Waals surface area contributed by atoms with Gasteiger partial charge in [0.05, 0.1) is 5.69 Å². The van der Waals surface area contributed by atoms with E-state index in [1.807, 2.05) is 25.1 Å². The first-order valence-corrected chi connectivity index (χ1v) is 8.15. The van der Waals surface area contributed by atoms with Gasteiger partial charge in [-0.3, -0.25) is 9.78 Å². The van der Waals surface area contributed by atoms with E-state index in [4.69, 9.17) is 5.11 Å². The molecule has 0 saturated heterocycles. The maximum Gasteiger partial charge on any atom is 0.322 e. The van der Waals surface area contributed by atoms with Crippen molar-refractivity contribution in [2.75, 3.05) is 17.2 Å². The van der Waals surface area contributed by atoms with Gasteiger partial charge in [0.2, 0.25) is 5.95 Å². The van der Waals surface area contributed by atoms with Crippen LogP contribution in [0.5, 0.6) is 0 Å². The standard InChI is InChI=1S/C19H19N5O2/c1-13-4-6-14(7-5-13)10-21-17-9-16(15-3-2-8-20-11-15)23-19(24-17)22-12-18(25)26/h2-9,11H,10,12H2,1H3,(H,25,26)(H2,21,22,23,24). The first kappa shape index (κ1) is 17.3. The van der Waals surface area contributed by atoms with E-state index in [0.29, 0.717) is 18.1 Å². The predicted molar refractivity (Wildman–Crippen MR) is 99.9 cm³/mol. The Morgan fingerprint density at radius 3 is 2.62 bits per heavy atom. The second-order valence-electron chi connectivity index (χ2n) is 5.79. The highest BCUT2D eigenvalue weighted by atomic mass is 16.4. The lowest BCUT2D eigenvalue weighted by molar-refractivity contribution is -0.134. The highest BCUT2D eigenvalue weighted by Gasteiger charge is 2.08. The van der Waals surface area contributed by atoms with Crippen LogP contribution in [0.25, 0.3) is 11.3 Å². The molecule has 0 fully saturated rings. The zero-order valence-electron chi connectivity index (χ0n) is 14.3. The van der Waals surface area contributed by atoms with E-state index in [0.717, 1.165) is 11.1 Å². The molecule has 0 spiro atoms. The molecule has 132 valence electrons. The Hall–Kier alpha value is -3.48. The number of hydrogen-bond acceptors (Lipinski definition) is 6. The number of aryl methyl sites for hydroxylation is 1. The van der Waals surface area contributed by atoms with Crippen LogP contribution in [0.1, 0.15) is 11.1 Å². The smallest absolute Gasteiger partial charge is 0.322 e. The summed E-state index contributed by atoms with van der Waals surface area (Å²) in [5.41, 5.74) is 3.81. The van der Waals surface area contributed by atoms with Crippen LogP contribution in [0.15, 0.2) is 54.9 Å². The topological polar surface area (TPSA) is 100 Å². The molecular formula is C19H19N5O2. The second kappa shape index (κ2) is 8.06. The molecule has 7 nitrogen and oxygen atoms in total. The van der Waals surface area contributed by atoms with Crippen molar-refractivity contribution in [1.82, 2.24) is 15.0 Å². The minimum absolute atomic E-state index is 0.250. The molecule has 3 rings (SSSR count). The van der Waals surface area contributed by atoms with E-state index in [2.05, 4.69) is 49.9 Å². The largest absolute Gasteiger partial charge is 0.480 e. The fraction of sp³-hybridized carbons (Fsp3) is 0.158. The molecule has 0 amide bonds. The molecule has 0 atom stereocenters. The minimum Gasteiger partial charge on any atom is -0.480 e. The molecule has 0 aliphatic rings. The lowest BCUT2D eigenvalue weighted by Gasteiger charge is -2.11. The summed E-state index contributed by atoms with van der Waals surface area (Å²) in [6, 6.07) is 13.7. The van der Waals surface area contributed by atoms with E-state index in [-0.39, 0.29) is 12.5 Å². The Kier molecular flexibility index (Phi) is 5.38. The maximum atomic E-state index is 10.8. The molecule has 2 aromatic heterocycles. The summed E-state index contributed by atoms with van der Waals surface area (Å²) in [4.78, 5) is 23.6. The molecule has 3 N–H and O–H groups in total. The lowest BCUT2D eigenvalue weighted by Crippen LogP contribution is -2.15. The van der Waals surface area contributed by atoms with Crippen LogP contribution >= 0.6 is 0 Å². The quantitative estimate of drug-likeness (QED) is 0.603. The van der Waals surface area contributed by atoms with Gasteiger partial charge in [-0.15, -0.1) is 0 Å². The lowest BCUT2D eigenvalue weighted by atomic mass is 10.1. The first-order valence-electron chi connectivity index (χ1n) is 8.15. The molecule has 0 saturated carbocycles. The molecule has 1 aromatic carbocycles. The van der Waals surface area contributed by atoms with Gasteiger partial charge in [-0.1, -0.05) is 29.8 Å². The summed E-state index contributed by atoms with van der Waals surface area (Å²) >= 11 is 0. The highest BCUT2D eigenvalue weighted by Crippen LogP contribution is 2.21. The molecule has 0 unspecified atom stereocenters. The van der Waals surface area contributed by atoms with Crippen LogP contribution in [-0.4, -0.2) is 32.6 Å². The number of aliphatic carboxylic acids is 1. The average molecular weight is 349 g/mol.